The maximum Gasteiger partial charge on any atom is 0.293 e. The fourth-order valence-corrected chi connectivity index (χ4v) is 7.78. The van der Waals surface area contributed by atoms with Crippen molar-refractivity contribution in [1.29, 1.82) is 0 Å². The van der Waals surface area contributed by atoms with E-state index in [-0.39, 0.29) is 41.6 Å². The number of nitrogens with one attached hydrogen (secondary N) is 2. The van der Waals surface area contributed by atoms with Crippen molar-refractivity contribution < 1.29 is 19.2 Å². The predicted molar refractivity (Wildman–Crippen MR) is 126 cm³/mol. The van der Waals surface area contributed by atoms with E-state index in [2.05, 4.69) is 10.6 Å². The number of benzene rings is 1. The molecule has 0 radical (unpaired) electrons. The van der Waals surface area contributed by atoms with Crippen LogP contribution >= 0.6 is 11.8 Å². The third-order valence-corrected chi connectivity index (χ3v) is 8.48. The first kappa shape index (κ1) is 22.2. The SMILES string of the molecule is CC(=O)NC12C[C@H]3C[C@@H](C1)CC(C(=O)NCCN1C(=O)S/C(=C\c4ccccc4)C1=O)(C3)C2. The Kier molecular flexibility index (Phi) is 5.59. The molecule has 4 bridgehead atoms. The van der Waals surface area contributed by atoms with Crippen LogP contribution in [0.15, 0.2) is 35.2 Å². The smallest absolute Gasteiger partial charge is 0.293 e. The van der Waals surface area contributed by atoms with Gasteiger partial charge in [0, 0.05) is 25.6 Å². The van der Waals surface area contributed by atoms with Crippen molar-refractivity contribution in [2.45, 2.75) is 51.0 Å². The van der Waals surface area contributed by atoms with E-state index >= 15 is 0 Å². The summed E-state index contributed by atoms with van der Waals surface area (Å²) < 4.78 is 0. The van der Waals surface area contributed by atoms with Gasteiger partial charge in [-0.05, 0) is 73.8 Å². The first-order chi connectivity index (χ1) is 15.8. The van der Waals surface area contributed by atoms with Crippen LogP contribution in [0.1, 0.15) is 51.0 Å². The Balaban J connectivity index is 1.21. The Hall–Kier alpha value is -2.61. The summed E-state index contributed by atoms with van der Waals surface area (Å²) >= 11 is 0.934. The van der Waals surface area contributed by atoms with Gasteiger partial charge in [-0.25, -0.2) is 0 Å². The minimum Gasteiger partial charge on any atom is -0.354 e. The van der Waals surface area contributed by atoms with E-state index in [1.807, 2.05) is 30.3 Å². The molecule has 4 amide bonds. The molecule has 7 nitrogen and oxygen atoms in total. The second-order valence-corrected chi connectivity index (χ2v) is 11.2. The highest BCUT2D eigenvalue weighted by Crippen LogP contribution is 2.61. The number of imide groups is 1. The molecule has 33 heavy (non-hydrogen) atoms. The van der Waals surface area contributed by atoms with Gasteiger partial charge in [0.2, 0.25) is 11.8 Å². The summed E-state index contributed by atoms with van der Waals surface area (Å²) in [5.41, 5.74) is 0.145. The second kappa shape index (κ2) is 8.31. The molecule has 0 aromatic heterocycles. The monoisotopic (exact) mass is 467 g/mol. The van der Waals surface area contributed by atoms with E-state index in [1.54, 1.807) is 13.0 Å². The van der Waals surface area contributed by atoms with Crippen LogP contribution in [0.3, 0.4) is 0 Å². The average molecular weight is 468 g/mol. The zero-order valence-corrected chi connectivity index (χ0v) is 19.6. The number of carbonyl (C=O) groups is 4. The lowest BCUT2D eigenvalue weighted by Crippen LogP contribution is -2.65. The highest BCUT2D eigenvalue weighted by molar-refractivity contribution is 8.18. The van der Waals surface area contributed by atoms with Gasteiger partial charge in [0.25, 0.3) is 11.1 Å². The molecule has 4 atom stereocenters. The van der Waals surface area contributed by atoms with Crippen LogP contribution < -0.4 is 10.6 Å². The van der Waals surface area contributed by atoms with E-state index in [0.29, 0.717) is 23.2 Å². The van der Waals surface area contributed by atoms with Gasteiger partial charge >= 0.3 is 0 Å². The molecule has 4 saturated carbocycles. The normalized spacial score (nSPS) is 33.6. The van der Waals surface area contributed by atoms with Crippen LogP contribution in [-0.2, 0) is 14.4 Å². The highest BCUT2D eigenvalue weighted by Gasteiger charge is 2.60. The fourth-order valence-electron chi connectivity index (χ4n) is 6.91. The molecule has 2 N–H and O–H groups in total. The van der Waals surface area contributed by atoms with Gasteiger partial charge in [-0.2, -0.15) is 0 Å². The van der Waals surface area contributed by atoms with Crippen molar-refractivity contribution >= 4 is 40.8 Å². The molecule has 0 spiro atoms. The van der Waals surface area contributed by atoms with E-state index in [9.17, 15) is 19.2 Å². The Morgan fingerprint density at radius 3 is 2.48 bits per heavy atom. The molecular formula is C25H29N3O4S. The van der Waals surface area contributed by atoms with Crippen LogP contribution in [-0.4, -0.2) is 46.5 Å². The number of thioether (sulfide) groups is 1. The van der Waals surface area contributed by atoms with Gasteiger partial charge in [0.15, 0.2) is 0 Å². The molecule has 174 valence electrons. The van der Waals surface area contributed by atoms with E-state index < -0.39 is 5.41 Å². The minimum absolute atomic E-state index is 0.00174. The first-order valence-electron chi connectivity index (χ1n) is 11.7. The molecule has 6 rings (SSSR count). The van der Waals surface area contributed by atoms with Crippen molar-refractivity contribution in [2.75, 3.05) is 13.1 Å². The minimum atomic E-state index is -0.460. The summed E-state index contributed by atoms with van der Waals surface area (Å²) in [6.45, 7) is 1.94. The Morgan fingerprint density at radius 2 is 1.82 bits per heavy atom. The summed E-state index contributed by atoms with van der Waals surface area (Å²) in [5, 5.41) is 5.89. The van der Waals surface area contributed by atoms with Crippen LogP contribution in [0.2, 0.25) is 0 Å². The van der Waals surface area contributed by atoms with Crippen molar-refractivity contribution in [2.24, 2.45) is 17.3 Å². The molecule has 8 heteroatoms. The highest BCUT2D eigenvalue weighted by atomic mass is 32.2. The van der Waals surface area contributed by atoms with Gasteiger partial charge < -0.3 is 10.6 Å². The van der Waals surface area contributed by atoms with E-state index in [0.717, 1.165) is 49.4 Å². The van der Waals surface area contributed by atoms with Crippen molar-refractivity contribution in [3.8, 4) is 0 Å². The maximum atomic E-state index is 13.3. The molecule has 5 fully saturated rings. The Bertz CT molecular complexity index is 1020. The van der Waals surface area contributed by atoms with Crippen molar-refractivity contribution in [3.63, 3.8) is 0 Å². The lowest BCUT2D eigenvalue weighted by atomic mass is 9.46. The summed E-state index contributed by atoms with van der Waals surface area (Å²) in [5.74, 6) is 0.580. The molecule has 5 aliphatic rings. The van der Waals surface area contributed by atoms with Gasteiger partial charge in [-0.3, -0.25) is 24.1 Å². The second-order valence-electron chi connectivity index (χ2n) is 10.2. The molecule has 1 heterocycles. The molecule has 1 saturated heterocycles. The average Bonchev–Trinajstić information content (AvgIpc) is 2.99. The zero-order valence-electron chi connectivity index (χ0n) is 18.8. The largest absolute Gasteiger partial charge is 0.354 e. The lowest BCUT2D eigenvalue weighted by Gasteiger charge is -2.61. The standard InChI is InChI=1S/C25H29N3O4S/c1-16(29)27-25-13-18-9-19(14-25)12-24(11-18,15-25)22(31)26-7-8-28-21(30)20(33-23(28)32)10-17-5-3-2-4-6-17/h2-6,10,18-19H,7-9,11-15H2,1H3,(H,26,31)(H,27,29)/b20-10-/t18-,19+,24?,25?. The van der Waals surface area contributed by atoms with Crippen molar-refractivity contribution in [1.82, 2.24) is 15.5 Å². The quantitative estimate of drug-likeness (QED) is 0.626. The van der Waals surface area contributed by atoms with Gasteiger partial charge in [0.1, 0.15) is 0 Å². The molecule has 2 unspecified atom stereocenters. The number of hydrogen-bond donors (Lipinski definition) is 2. The lowest BCUT2D eigenvalue weighted by molar-refractivity contribution is -0.153. The van der Waals surface area contributed by atoms with Gasteiger partial charge in [-0.1, -0.05) is 30.3 Å². The van der Waals surface area contributed by atoms with Crippen LogP contribution in [0, 0.1) is 17.3 Å². The van der Waals surface area contributed by atoms with Crippen LogP contribution in [0.5, 0.6) is 0 Å². The molecule has 1 aromatic rings. The Labute approximate surface area is 197 Å². The number of carbonyl (C=O) groups excluding carboxylic acids is 4. The summed E-state index contributed by atoms with van der Waals surface area (Å²) in [6, 6.07) is 9.42. The summed E-state index contributed by atoms with van der Waals surface area (Å²) in [4.78, 5) is 51.9. The molecule has 1 aromatic carbocycles. The maximum absolute atomic E-state index is 13.3. The topological polar surface area (TPSA) is 95.6 Å². The molecule has 4 aliphatic carbocycles. The molecule has 1 aliphatic heterocycles. The summed E-state index contributed by atoms with van der Waals surface area (Å²) in [7, 11) is 0. The van der Waals surface area contributed by atoms with Crippen LogP contribution in [0.4, 0.5) is 4.79 Å². The number of hydrogen-bond acceptors (Lipinski definition) is 5. The number of nitrogens with zero attached hydrogens (tertiary/aromatic N) is 1. The Morgan fingerprint density at radius 1 is 1.12 bits per heavy atom. The third-order valence-electron chi connectivity index (χ3n) is 7.58. The number of rotatable bonds is 6. The van der Waals surface area contributed by atoms with Gasteiger partial charge in [-0.15, -0.1) is 0 Å². The van der Waals surface area contributed by atoms with Crippen LogP contribution in [0.25, 0.3) is 6.08 Å². The molecular weight excluding hydrogens is 438 g/mol. The fraction of sp³-hybridized carbons (Fsp3) is 0.520. The zero-order chi connectivity index (χ0) is 23.2. The summed E-state index contributed by atoms with van der Waals surface area (Å²) in [6.07, 6.45) is 7.18. The first-order valence-corrected chi connectivity index (χ1v) is 12.5. The van der Waals surface area contributed by atoms with E-state index in [4.69, 9.17) is 0 Å². The number of amides is 4. The van der Waals surface area contributed by atoms with E-state index in [1.165, 1.54) is 4.90 Å². The van der Waals surface area contributed by atoms with Gasteiger partial charge in [0.05, 0.1) is 10.3 Å². The third kappa shape index (κ3) is 4.21. The van der Waals surface area contributed by atoms with Crippen molar-refractivity contribution in [3.05, 3.63) is 40.8 Å². The predicted octanol–water partition coefficient (Wildman–Crippen LogP) is 3.31.